The van der Waals surface area contributed by atoms with Gasteiger partial charge in [0.2, 0.25) is 5.91 Å². The van der Waals surface area contributed by atoms with Crippen molar-refractivity contribution in [2.45, 2.75) is 31.8 Å². The molecule has 0 bridgehead atoms. The van der Waals surface area contributed by atoms with E-state index in [4.69, 9.17) is 4.74 Å². The van der Waals surface area contributed by atoms with Gasteiger partial charge in [0.1, 0.15) is 5.69 Å². The van der Waals surface area contributed by atoms with E-state index in [1.54, 1.807) is 18.0 Å². The second-order valence-electron chi connectivity index (χ2n) is 5.74. The summed E-state index contributed by atoms with van der Waals surface area (Å²) >= 11 is 0. The first-order valence-corrected chi connectivity index (χ1v) is 7.83. The zero-order valence-electron chi connectivity index (χ0n) is 13.7. The van der Waals surface area contributed by atoms with Gasteiger partial charge in [-0.3, -0.25) is 14.3 Å². The molecule has 0 aliphatic carbocycles. The lowest BCUT2D eigenvalue weighted by molar-refractivity contribution is -0.116. The number of ether oxygens (including phenoxy) is 1. The van der Waals surface area contributed by atoms with E-state index in [1.807, 2.05) is 17.8 Å². The quantitative estimate of drug-likeness (QED) is 0.793. The first kappa shape index (κ1) is 17.2. The minimum atomic E-state index is -0.249. The Morgan fingerprint density at radius 2 is 2.26 bits per heavy atom. The maximum absolute atomic E-state index is 12.5. The number of nitrogens with zero attached hydrogens (tertiary/aromatic N) is 3. The second kappa shape index (κ2) is 7.92. The van der Waals surface area contributed by atoms with E-state index >= 15 is 0 Å². The average molecular weight is 320 g/mol. The Hall–Kier alpha value is -2.15. The number of carbonyl (C=O) groups excluding carboxylic acids is 2. The van der Waals surface area contributed by atoms with Crippen LogP contribution >= 0.6 is 0 Å². The molecule has 0 radical (unpaired) electrons. The molecule has 0 saturated carbocycles. The molecule has 7 heteroatoms. The van der Waals surface area contributed by atoms with E-state index in [0.717, 1.165) is 26.1 Å². The molecule has 126 valence electrons. The van der Waals surface area contributed by atoms with Gasteiger partial charge in [-0.15, -0.1) is 0 Å². The van der Waals surface area contributed by atoms with Gasteiger partial charge in [-0.25, -0.2) is 0 Å². The fourth-order valence-electron chi connectivity index (χ4n) is 2.44. The van der Waals surface area contributed by atoms with Crippen LogP contribution in [0, 0.1) is 0 Å². The van der Waals surface area contributed by atoms with Gasteiger partial charge in [0.05, 0.1) is 6.04 Å². The summed E-state index contributed by atoms with van der Waals surface area (Å²) in [4.78, 5) is 25.3. The van der Waals surface area contributed by atoms with Gasteiger partial charge >= 0.3 is 0 Å². The first-order valence-electron chi connectivity index (χ1n) is 7.83. The van der Waals surface area contributed by atoms with Crippen LogP contribution in [0.2, 0.25) is 0 Å². The standard InChI is InChI=1S/C16H24N4O3/c1-4-15(21)17-11-12(2)19(3)16(22)14-5-8-20(18-14)13-6-9-23-10-7-13/h4-5,8,12-13H,1,6-7,9-11H2,2-3H3,(H,17,21). The Balaban J connectivity index is 1.95. The normalized spacial score (nSPS) is 16.6. The lowest BCUT2D eigenvalue weighted by Crippen LogP contribution is -2.43. The Morgan fingerprint density at radius 1 is 1.57 bits per heavy atom. The lowest BCUT2D eigenvalue weighted by Gasteiger charge is -2.24. The van der Waals surface area contributed by atoms with Gasteiger partial charge in [0.15, 0.2) is 0 Å². The molecule has 2 amide bonds. The second-order valence-corrected chi connectivity index (χ2v) is 5.74. The molecule has 7 nitrogen and oxygen atoms in total. The summed E-state index contributed by atoms with van der Waals surface area (Å²) in [5, 5.41) is 7.10. The number of hydrogen-bond acceptors (Lipinski definition) is 4. The zero-order valence-corrected chi connectivity index (χ0v) is 13.7. The smallest absolute Gasteiger partial charge is 0.274 e. The van der Waals surface area contributed by atoms with Gasteiger partial charge in [0, 0.05) is 39.0 Å². The maximum Gasteiger partial charge on any atom is 0.274 e. The van der Waals surface area contributed by atoms with Crippen LogP contribution in [-0.2, 0) is 9.53 Å². The highest BCUT2D eigenvalue weighted by molar-refractivity contribution is 5.92. The molecule has 1 fully saturated rings. The van der Waals surface area contributed by atoms with Crippen molar-refractivity contribution in [2.75, 3.05) is 26.8 Å². The molecule has 0 spiro atoms. The molecular weight excluding hydrogens is 296 g/mol. The maximum atomic E-state index is 12.5. The van der Waals surface area contributed by atoms with E-state index < -0.39 is 0 Å². The molecule has 1 unspecified atom stereocenters. The van der Waals surface area contributed by atoms with Crippen LogP contribution in [0.3, 0.4) is 0 Å². The van der Waals surface area contributed by atoms with E-state index in [-0.39, 0.29) is 17.9 Å². The van der Waals surface area contributed by atoms with Crippen LogP contribution in [0.15, 0.2) is 24.9 Å². The van der Waals surface area contributed by atoms with Crippen LogP contribution in [0.5, 0.6) is 0 Å². The molecule has 23 heavy (non-hydrogen) atoms. The SMILES string of the molecule is C=CC(=O)NCC(C)N(C)C(=O)c1ccn(C2CCOCC2)n1. The molecule has 1 aliphatic heterocycles. The topological polar surface area (TPSA) is 76.5 Å². The molecule has 1 aromatic heterocycles. The van der Waals surface area contributed by atoms with Gasteiger partial charge < -0.3 is 15.0 Å². The third-order valence-corrected chi connectivity index (χ3v) is 4.13. The third kappa shape index (κ3) is 4.41. The van der Waals surface area contributed by atoms with Crippen molar-refractivity contribution in [3.63, 3.8) is 0 Å². The fourth-order valence-corrected chi connectivity index (χ4v) is 2.44. The number of rotatable bonds is 6. The van der Waals surface area contributed by atoms with Crippen molar-refractivity contribution < 1.29 is 14.3 Å². The van der Waals surface area contributed by atoms with E-state index in [0.29, 0.717) is 18.3 Å². The molecule has 1 aliphatic rings. The Morgan fingerprint density at radius 3 is 2.91 bits per heavy atom. The highest BCUT2D eigenvalue weighted by atomic mass is 16.5. The Bertz CT molecular complexity index is 563. The molecule has 1 atom stereocenters. The molecule has 1 aromatic rings. The van der Waals surface area contributed by atoms with E-state index in [2.05, 4.69) is 17.0 Å². The number of amides is 2. The average Bonchev–Trinajstić information content (AvgIpc) is 3.08. The van der Waals surface area contributed by atoms with E-state index in [9.17, 15) is 9.59 Å². The summed E-state index contributed by atoms with van der Waals surface area (Å²) < 4.78 is 7.20. The van der Waals surface area contributed by atoms with Crippen LogP contribution in [-0.4, -0.2) is 59.3 Å². The minimum Gasteiger partial charge on any atom is -0.381 e. The predicted molar refractivity (Wildman–Crippen MR) is 86.1 cm³/mol. The van der Waals surface area contributed by atoms with Gasteiger partial charge in [-0.05, 0) is 31.9 Å². The first-order chi connectivity index (χ1) is 11.0. The summed E-state index contributed by atoms with van der Waals surface area (Å²) in [6.07, 6.45) is 4.88. The number of nitrogens with one attached hydrogen (secondary N) is 1. The largest absolute Gasteiger partial charge is 0.381 e. The van der Waals surface area contributed by atoms with Crippen molar-refractivity contribution in [3.8, 4) is 0 Å². The highest BCUT2D eigenvalue weighted by Gasteiger charge is 2.22. The van der Waals surface area contributed by atoms with Crippen molar-refractivity contribution in [1.29, 1.82) is 0 Å². The zero-order chi connectivity index (χ0) is 16.8. The minimum absolute atomic E-state index is 0.139. The Kier molecular flexibility index (Phi) is 5.92. The number of carbonyl (C=O) groups is 2. The summed E-state index contributed by atoms with van der Waals surface area (Å²) in [6.45, 7) is 7.10. The molecule has 1 N–H and O–H groups in total. The lowest BCUT2D eigenvalue weighted by atomic mass is 10.1. The van der Waals surface area contributed by atoms with Crippen molar-refractivity contribution >= 4 is 11.8 Å². The fraction of sp³-hybridized carbons (Fsp3) is 0.562. The monoisotopic (exact) mass is 320 g/mol. The Labute approximate surface area is 136 Å². The molecule has 1 saturated heterocycles. The third-order valence-electron chi connectivity index (χ3n) is 4.13. The van der Waals surface area contributed by atoms with Gasteiger partial charge in [-0.1, -0.05) is 6.58 Å². The summed E-state index contributed by atoms with van der Waals surface area (Å²) in [5.41, 5.74) is 0.417. The molecule has 2 heterocycles. The van der Waals surface area contributed by atoms with Crippen LogP contribution < -0.4 is 5.32 Å². The molecule has 0 aromatic carbocycles. The van der Waals surface area contributed by atoms with Gasteiger partial charge in [-0.2, -0.15) is 5.10 Å². The van der Waals surface area contributed by atoms with Crippen LogP contribution in [0.1, 0.15) is 36.3 Å². The van der Waals surface area contributed by atoms with E-state index in [1.165, 1.54) is 6.08 Å². The van der Waals surface area contributed by atoms with Crippen molar-refractivity contribution in [2.24, 2.45) is 0 Å². The highest BCUT2D eigenvalue weighted by Crippen LogP contribution is 2.20. The summed E-state index contributed by atoms with van der Waals surface area (Å²) in [6, 6.07) is 1.89. The molecule has 2 rings (SSSR count). The van der Waals surface area contributed by atoms with Crippen molar-refractivity contribution in [3.05, 3.63) is 30.6 Å². The number of aromatic nitrogens is 2. The van der Waals surface area contributed by atoms with Crippen molar-refractivity contribution in [1.82, 2.24) is 20.0 Å². The number of likely N-dealkylation sites (N-methyl/N-ethyl adjacent to an activating group) is 1. The number of hydrogen-bond donors (Lipinski definition) is 1. The van der Waals surface area contributed by atoms with Crippen LogP contribution in [0.25, 0.3) is 0 Å². The summed E-state index contributed by atoms with van der Waals surface area (Å²) in [7, 11) is 1.71. The van der Waals surface area contributed by atoms with Gasteiger partial charge in [0.25, 0.3) is 5.91 Å². The molecular formula is C16H24N4O3. The van der Waals surface area contributed by atoms with Crippen LogP contribution in [0.4, 0.5) is 0 Å². The predicted octanol–water partition coefficient (Wildman–Crippen LogP) is 0.997. The summed E-state index contributed by atoms with van der Waals surface area (Å²) in [5.74, 6) is -0.405.